The quantitative estimate of drug-likeness (QED) is 0.877. The lowest BCUT2D eigenvalue weighted by Gasteiger charge is -2.30. The van der Waals surface area contributed by atoms with Gasteiger partial charge in [-0.25, -0.2) is 0 Å². The summed E-state index contributed by atoms with van der Waals surface area (Å²) in [5.74, 6) is -0.179. The fourth-order valence-electron chi connectivity index (χ4n) is 2.85. The Bertz CT molecular complexity index is 732. The predicted molar refractivity (Wildman–Crippen MR) is 90.1 cm³/mol. The summed E-state index contributed by atoms with van der Waals surface area (Å²) >= 11 is 0. The van der Waals surface area contributed by atoms with Crippen molar-refractivity contribution in [3.63, 3.8) is 0 Å². The largest absolute Gasteiger partial charge is 0.364 e. The van der Waals surface area contributed by atoms with Gasteiger partial charge in [0.25, 0.3) is 0 Å². The average molecular weight is 325 g/mol. The van der Waals surface area contributed by atoms with E-state index in [4.69, 9.17) is 4.52 Å². The number of aromatic nitrogens is 1. The van der Waals surface area contributed by atoms with E-state index in [9.17, 15) is 9.59 Å². The molecule has 1 aromatic carbocycles. The maximum absolute atomic E-state index is 12.4. The molecule has 6 nitrogen and oxygen atoms in total. The maximum Gasteiger partial charge on any atom is 0.245 e. The lowest BCUT2D eigenvalue weighted by molar-refractivity contribution is -0.130. The highest BCUT2D eigenvalue weighted by molar-refractivity contribution is 5.93. The molecule has 0 aliphatic carbocycles. The summed E-state index contributed by atoms with van der Waals surface area (Å²) in [6.45, 7) is 4.66. The Morgan fingerprint density at radius 1 is 1.29 bits per heavy atom. The average Bonchev–Trinajstić information content (AvgIpc) is 3.16. The molecular formula is C18H19N3O3. The topological polar surface area (TPSA) is 75.4 Å². The van der Waals surface area contributed by atoms with Gasteiger partial charge >= 0.3 is 0 Å². The van der Waals surface area contributed by atoms with Gasteiger partial charge in [-0.15, -0.1) is 0 Å². The summed E-state index contributed by atoms with van der Waals surface area (Å²) < 4.78 is 4.85. The van der Waals surface area contributed by atoms with Crippen LogP contribution in [-0.2, 0) is 9.59 Å². The molecule has 0 atom stereocenters. The van der Waals surface area contributed by atoms with Crippen LogP contribution in [0, 0.1) is 5.92 Å². The molecule has 0 unspecified atom stereocenters. The number of carbonyl (C=O) groups is 2. The summed E-state index contributed by atoms with van der Waals surface area (Å²) in [6.07, 6.45) is 4.15. The SMILES string of the molecule is C=CC(=O)N1CCC(C(=O)Nc2cccc(-c3ccon3)c2)CC1. The lowest BCUT2D eigenvalue weighted by atomic mass is 9.95. The van der Waals surface area contributed by atoms with E-state index in [2.05, 4.69) is 17.1 Å². The van der Waals surface area contributed by atoms with Gasteiger partial charge in [-0.2, -0.15) is 0 Å². The third kappa shape index (κ3) is 3.53. The number of benzene rings is 1. The van der Waals surface area contributed by atoms with Crippen LogP contribution in [0.2, 0.25) is 0 Å². The highest BCUT2D eigenvalue weighted by atomic mass is 16.5. The number of nitrogens with one attached hydrogen (secondary N) is 1. The Kier molecular flexibility index (Phi) is 4.74. The van der Waals surface area contributed by atoms with Crippen LogP contribution in [0.4, 0.5) is 5.69 Å². The Hall–Kier alpha value is -2.89. The molecule has 2 heterocycles. The number of rotatable bonds is 4. The van der Waals surface area contributed by atoms with E-state index in [-0.39, 0.29) is 17.7 Å². The van der Waals surface area contributed by atoms with Gasteiger partial charge in [0.05, 0.1) is 0 Å². The van der Waals surface area contributed by atoms with Crippen molar-refractivity contribution in [2.45, 2.75) is 12.8 Å². The van der Waals surface area contributed by atoms with E-state index in [0.29, 0.717) is 25.9 Å². The molecule has 1 aliphatic heterocycles. The minimum atomic E-state index is -0.0884. The molecule has 1 fully saturated rings. The van der Waals surface area contributed by atoms with Gasteiger partial charge in [-0.05, 0) is 31.1 Å². The summed E-state index contributed by atoms with van der Waals surface area (Å²) in [5.41, 5.74) is 2.33. The van der Waals surface area contributed by atoms with Crippen LogP contribution in [0.15, 0.2) is 53.8 Å². The van der Waals surface area contributed by atoms with Gasteiger partial charge in [0.1, 0.15) is 12.0 Å². The van der Waals surface area contributed by atoms with Crippen molar-refractivity contribution in [3.05, 3.63) is 49.2 Å². The number of nitrogens with zero attached hydrogens (tertiary/aromatic N) is 2. The normalized spacial score (nSPS) is 15.1. The predicted octanol–water partition coefficient (Wildman–Crippen LogP) is 2.70. The highest BCUT2D eigenvalue weighted by Gasteiger charge is 2.26. The van der Waals surface area contributed by atoms with Crippen LogP contribution in [0.1, 0.15) is 12.8 Å². The van der Waals surface area contributed by atoms with Crippen molar-refractivity contribution in [2.75, 3.05) is 18.4 Å². The van der Waals surface area contributed by atoms with Crippen molar-refractivity contribution in [1.82, 2.24) is 10.1 Å². The maximum atomic E-state index is 12.4. The fourth-order valence-corrected chi connectivity index (χ4v) is 2.85. The van der Waals surface area contributed by atoms with Crippen molar-refractivity contribution in [2.24, 2.45) is 5.92 Å². The molecule has 3 rings (SSSR count). The van der Waals surface area contributed by atoms with E-state index < -0.39 is 0 Å². The van der Waals surface area contributed by atoms with Gasteiger partial charge in [0, 0.05) is 36.3 Å². The summed E-state index contributed by atoms with van der Waals surface area (Å²) in [6, 6.07) is 9.26. The minimum Gasteiger partial charge on any atom is -0.364 e. The van der Waals surface area contributed by atoms with Crippen LogP contribution < -0.4 is 5.32 Å². The molecule has 1 N–H and O–H groups in total. The molecule has 1 aromatic heterocycles. The van der Waals surface area contributed by atoms with Gasteiger partial charge < -0.3 is 14.7 Å². The van der Waals surface area contributed by atoms with E-state index in [0.717, 1.165) is 16.9 Å². The molecule has 1 saturated heterocycles. The molecule has 2 aromatic rings. The number of anilines is 1. The monoisotopic (exact) mass is 325 g/mol. The smallest absolute Gasteiger partial charge is 0.245 e. The molecule has 6 heteroatoms. The first-order chi connectivity index (χ1) is 11.7. The first-order valence-corrected chi connectivity index (χ1v) is 7.90. The van der Waals surface area contributed by atoms with Crippen LogP contribution in [0.3, 0.4) is 0 Å². The van der Waals surface area contributed by atoms with E-state index in [1.807, 2.05) is 24.3 Å². The number of carbonyl (C=O) groups excluding carboxylic acids is 2. The number of hydrogen-bond donors (Lipinski definition) is 1. The number of piperidine rings is 1. The van der Waals surface area contributed by atoms with E-state index in [1.165, 1.54) is 12.3 Å². The molecular weight excluding hydrogens is 306 g/mol. The molecule has 0 radical (unpaired) electrons. The van der Waals surface area contributed by atoms with E-state index >= 15 is 0 Å². The number of amides is 2. The third-order valence-corrected chi connectivity index (χ3v) is 4.22. The molecule has 0 bridgehead atoms. The second-order valence-corrected chi connectivity index (χ2v) is 5.76. The molecule has 2 amide bonds. The van der Waals surface area contributed by atoms with Gasteiger partial charge in [0.15, 0.2) is 0 Å². The van der Waals surface area contributed by atoms with Gasteiger partial charge in [-0.1, -0.05) is 23.9 Å². The van der Waals surface area contributed by atoms with Crippen molar-refractivity contribution >= 4 is 17.5 Å². The zero-order valence-corrected chi connectivity index (χ0v) is 13.3. The second kappa shape index (κ2) is 7.12. The minimum absolute atomic E-state index is 0.0157. The molecule has 1 aliphatic rings. The first-order valence-electron chi connectivity index (χ1n) is 7.90. The Labute approximate surface area is 140 Å². The Morgan fingerprint density at radius 2 is 2.08 bits per heavy atom. The second-order valence-electron chi connectivity index (χ2n) is 5.76. The highest BCUT2D eigenvalue weighted by Crippen LogP contribution is 2.23. The van der Waals surface area contributed by atoms with Crippen LogP contribution in [0.25, 0.3) is 11.3 Å². The molecule has 24 heavy (non-hydrogen) atoms. The lowest BCUT2D eigenvalue weighted by Crippen LogP contribution is -2.40. The van der Waals surface area contributed by atoms with Crippen molar-refractivity contribution in [3.8, 4) is 11.3 Å². The standard InChI is InChI=1S/C18H19N3O3/c1-2-17(22)21-9-6-13(7-10-21)18(23)19-15-5-3-4-14(12-15)16-8-11-24-20-16/h2-5,8,11-13H,1,6-7,9-10H2,(H,19,23). The number of hydrogen-bond acceptors (Lipinski definition) is 4. The van der Waals surface area contributed by atoms with E-state index in [1.54, 1.807) is 11.0 Å². The van der Waals surface area contributed by atoms with Crippen LogP contribution >= 0.6 is 0 Å². The van der Waals surface area contributed by atoms with Crippen LogP contribution in [0.5, 0.6) is 0 Å². The Morgan fingerprint density at radius 3 is 2.75 bits per heavy atom. The van der Waals surface area contributed by atoms with Crippen molar-refractivity contribution in [1.29, 1.82) is 0 Å². The molecule has 0 spiro atoms. The number of likely N-dealkylation sites (tertiary alicyclic amines) is 1. The molecule has 124 valence electrons. The van der Waals surface area contributed by atoms with Gasteiger partial charge in [0.2, 0.25) is 11.8 Å². The molecule has 0 saturated carbocycles. The summed E-state index contributed by atoms with van der Waals surface area (Å²) in [5, 5.41) is 6.85. The fraction of sp³-hybridized carbons (Fsp3) is 0.278. The van der Waals surface area contributed by atoms with Crippen molar-refractivity contribution < 1.29 is 14.1 Å². The first kappa shape index (κ1) is 16.0. The Balaban J connectivity index is 1.61. The zero-order valence-electron chi connectivity index (χ0n) is 13.3. The van der Waals surface area contributed by atoms with Gasteiger partial charge in [-0.3, -0.25) is 9.59 Å². The summed E-state index contributed by atoms with van der Waals surface area (Å²) in [4.78, 5) is 25.7. The van der Waals surface area contributed by atoms with Crippen LogP contribution in [-0.4, -0.2) is 35.0 Å². The third-order valence-electron chi connectivity index (χ3n) is 4.22. The summed E-state index contributed by atoms with van der Waals surface area (Å²) in [7, 11) is 0. The zero-order chi connectivity index (χ0) is 16.9.